The fourth-order valence-corrected chi connectivity index (χ4v) is 1.09. The molecule has 1 aromatic carbocycles. The zero-order valence-electron chi connectivity index (χ0n) is 7.58. The van der Waals surface area contributed by atoms with Gasteiger partial charge in [0.05, 0.1) is 5.57 Å². The number of carbonyl (C=O) groups excluding carboxylic acids is 1. The molecule has 0 heterocycles. The van der Waals surface area contributed by atoms with Gasteiger partial charge in [0.1, 0.15) is 0 Å². The van der Waals surface area contributed by atoms with Gasteiger partial charge >= 0.3 is 6.18 Å². The van der Waals surface area contributed by atoms with Gasteiger partial charge in [-0.3, -0.25) is 4.79 Å². The molecule has 0 spiro atoms. The summed E-state index contributed by atoms with van der Waals surface area (Å²) in [6.45, 7) is 0. The van der Waals surface area contributed by atoms with Gasteiger partial charge in [-0.05, 0) is 5.56 Å². The molecule has 15 heavy (non-hydrogen) atoms. The molecule has 2 nitrogen and oxygen atoms in total. The summed E-state index contributed by atoms with van der Waals surface area (Å²) in [7, 11) is 0. The smallest absolute Gasteiger partial charge is 0.366 e. The van der Waals surface area contributed by atoms with E-state index >= 15 is 0 Å². The quantitative estimate of drug-likeness (QED) is 0.754. The molecule has 0 radical (unpaired) electrons. The van der Waals surface area contributed by atoms with E-state index in [4.69, 9.17) is 5.73 Å². The normalized spacial score (nSPS) is 12.6. The van der Waals surface area contributed by atoms with E-state index in [-0.39, 0.29) is 5.56 Å². The number of primary amides is 1. The van der Waals surface area contributed by atoms with Gasteiger partial charge in [0.25, 0.3) is 0 Å². The maximum atomic E-state index is 12.5. The molecule has 0 aliphatic heterocycles. The summed E-state index contributed by atoms with van der Waals surface area (Å²) in [5.41, 5.74) is 3.60. The van der Waals surface area contributed by atoms with E-state index < -0.39 is 17.7 Å². The van der Waals surface area contributed by atoms with Crippen LogP contribution in [0.4, 0.5) is 13.2 Å². The molecule has 0 bridgehead atoms. The summed E-state index contributed by atoms with van der Waals surface area (Å²) >= 11 is 0. The van der Waals surface area contributed by atoms with E-state index in [1.165, 1.54) is 24.3 Å². The topological polar surface area (TPSA) is 43.1 Å². The molecule has 0 saturated carbocycles. The lowest BCUT2D eigenvalue weighted by Gasteiger charge is -2.10. The van der Waals surface area contributed by atoms with E-state index in [0.29, 0.717) is 6.08 Å². The average Bonchev–Trinajstić information content (AvgIpc) is 2.14. The molecule has 0 aromatic heterocycles. The van der Waals surface area contributed by atoms with Gasteiger partial charge in [-0.25, -0.2) is 0 Å². The Morgan fingerprint density at radius 1 is 1.20 bits per heavy atom. The first-order chi connectivity index (χ1) is 6.91. The maximum absolute atomic E-state index is 12.5. The number of alkyl halides is 3. The zero-order valence-corrected chi connectivity index (χ0v) is 7.58. The van der Waals surface area contributed by atoms with Crippen molar-refractivity contribution in [2.45, 2.75) is 6.18 Å². The van der Waals surface area contributed by atoms with Crippen LogP contribution in [0.2, 0.25) is 0 Å². The number of hydrogen-bond acceptors (Lipinski definition) is 1. The van der Waals surface area contributed by atoms with Gasteiger partial charge < -0.3 is 5.73 Å². The van der Waals surface area contributed by atoms with Crippen molar-refractivity contribution in [2.75, 3.05) is 0 Å². The first-order valence-electron chi connectivity index (χ1n) is 4.05. The molecular weight excluding hydrogens is 207 g/mol. The van der Waals surface area contributed by atoms with Crippen molar-refractivity contribution in [3.05, 3.63) is 42.0 Å². The number of rotatable bonds is 2. The third-order valence-corrected chi connectivity index (χ3v) is 1.68. The molecule has 80 valence electrons. The van der Waals surface area contributed by atoms with Crippen LogP contribution in [0.5, 0.6) is 0 Å². The standard InChI is InChI=1S/C10H8F3NO/c11-10(12,13)8(6-9(14)15)7-4-2-1-3-5-7/h1-6H,(H2,14,15)/b8-6+. The third-order valence-electron chi connectivity index (χ3n) is 1.68. The van der Waals surface area contributed by atoms with E-state index in [2.05, 4.69) is 0 Å². The molecule has 1 aromatic rings. The van der Waals surface area contributed by atoms with Crippen LogP contribution in [0.3, 0.4) is 0 Å². The number of benzene rings is 1. The minimum Gasteiger partial charge on any atom is -0.366 e. The molecule has 2 N–H and O–H groups in total. The number of allylic oxidation sites excluding steroid dienone is 1. The second-order valence-electron chi connectivity index (χ2n) is 2.82. The lowest BCUT2D eigenvalue weighted by atomic mass is 10.1. The largest absolute Gasteiger partial charge is 0.417 e. The highest BCUT2D eigenvalue weighted by Gasteiger charge is 2.34. The fraction of sp³-hybridized carbons (Fsp3) is 0.100. The van der Waals surface area contributed by atoms with Crippen LogP contribution >= 0.6 is 0 Å². The van der Waals surface area contributed by atoms with Crippen molar-refractivity contribution in [3.63, 3.8) is 0 Å². The van der Waals surface area contributed by atoms with Crippen LogP contribution in [0.1, 0.15) is 5.56 Å². The van der Waals surface area contributed by atoms with Crippen LogP contribution in [0, 0.1) is 0 Å². The van der Waals surface area contributed by atoms with Crippen molar-refractivity contribution < 1.29 is 18.0 Å². The van der Waals surface area contributed by atoms with Crippen molar-refractivity contribution in [1.29, 1.82) is 0 Å². The molecule has 0 fully saturated rings. The first-order valence-corrected chi connectivity index (χ1v) is 4.05. The van der Waals surface area contributed by atoms with Crippen LogP contribution in [-0.2, 0) is 4.79 Å². The Bertz CT molecular complexity index is 381. The second kappa shape index (κ2) is 4.16. The van der Waals surface area contributed by atoms with Crippen molar-refractivity contribution in [3.8, 4) is 0 Å². The maximum Gasteiger partial charge on any atom is 0.417 e. The lowest BCUT2D eigenvalue weighted by molar-refractivity contribution is -0.114. The van der Waals surface area contributed by atoms with Crippen LogP contribution in [0.25, 0.3) is 5.57 Å². The SMILES string of the molecule is NC(=O)/C=C(\c1ccccc1)C(F)(F)F. The lowest BCUT2D eigenvalue weighted by Crippen LogP contribution is -2.15. The van der Waals surface area contributed by atoms with E-state index in [1.807, 2.05) is 0 Å². The van der Waals surface area contributed by atoms with E-state index in [1.54, 1.807) is 6.07 Å². The third kappa shape index (κ3) is 3.12. The minimum atomic E-state index is -4.59. The molecular formula is C10H8F3NO. The zero-order chi connectivity index (χ0) is 11.5. The molecule has 0 unspecified atom stereocenters. The number of amides is 1. The highest BCUT2D eigenvalue weighted by molar-refractivity contribution is 5.95. The molecule has 5 heteroatoms. The number of nitrogens with two attached hydrogens (primary N) is 1. The second-order valence-corrected chi connectivity index (χ2v) is 2.82. The molecule has 1 amide bonds. The predicted molar refractivity (Wildman–Crippen MR) is 49.7 cm³/mol. The first kappa shape index (κ1) is 11.3. The molecule has 0 atom stereocenters. The molecule has 0 aliphatic carbocycles. The van der Waals surface area contributed by atoms with E-state index in [0.717, 1.165) is 0 Å². The van der Waals surface area contributed by atoms with Crippen molar-refractivity contribution in [1.82, 2.24) is 0 Å². The summed E-state index contributed by atoms with van der Waals surface area (Å²) in [5, 5.41) is 0. The van der Waals surface area contributed by atoms with Crippen LogP contribution in [0.15, 0.2) is 36.4 Å². The summed E-state index contributed by atoms with van der Waals surface area (Å²) < 4.78 is 37.5. The monoisotopic (exact) mass is 215 g/mol. The molecule has 1 rings (SSSR count). The Labute approximate surface area is 84.2 Å². The van der Waals surface area contributed by atoms with Gasteiger partial charge in [-0.15, -0.1) is 0 Å². The van der Waals surface area contributed by atoms with Gasteiger partial charge in [-0.2, -0.15) is 13.2 Å². The van der Waals surface area contributed by atoms with Crippen LogP contribution < -0.4 is 5.73 Å². The Hall–Kier alpha value is -1.78. The number of hydrogen-bond donors (Lipinski definition) is 1. The summed E-state index contributed by atoms with van der Waals surface area (Å²) in [5.74, 6) is -1.12. The van der Waals surface area contributed by atoms with Gasteiger partial charge in [0.15, 0.2) is 0 Å². The molecule has 0 aliphatic rings. The Balaban J connectivity index is 3.20. The minimum absolute atomic E-state index is 0.0798. The Kier molecular flexibility index (Phi) is 3.14. The van der Waals surface area contributed by atoms with Crippen LogP contribution in [-0.4, -0.2) is 12.1 Å². The number of halogens is 3. The average molecular weight is 215 g/mol. The van der Waals surface area contributed by atoms with Gasteiger partial charge in [-0.1, -0.05) is 30.3 Å². The van der Waals surface area contributed by atoms with E-state index in [9.17, 15) is 18.0 Å². The highest BCUT2D eigenvalue weighted by atomic mass is 19.4. The van der Waals surface area contributed by atoms with Gasteiger partial charge in [0, 0.05) is 6.08 Å². The van der Waals surface area contributed by atoms with Crippen molar-refractivity contribution >= 4 is 11.5 Å². The summed E-state index contributed by atoms with van der Waals surface area (Å²) in [4.78, 5) is 10.5. The predicted octanol–water partition coefficient (Wildman–Crippen LogP) is 2.12. The number of carbonyl (C=O) groups is 1. The molecule has 0 saturated heterocycles. The summed E-state index contributed by atoms with van der Waals surface area (Å²) in [6, 6.07) is 7.03. The fourth-order valence-electron chi connectivity index (χ4n) is 1.09. The highest BCUT2D eigenvalue weighted by Crippen LogP contribution is 2.33. The summed E-state index contributed by atoms with van der Waals surface area (Å²) in [6.07, 6.45) is -4.20. The Morgan fingerprint density at radius 3 is 2.13 bits per heavy atom. The van der Waals surface area contributed by atoms with Crippen molar-refractivity contribution in [2.24, 2.45) is 5.73 Å². The van der Waals surface area contributed by atoms with Gasteiger partial charge in [0.2, 0.25) is 5.91 Å². The Morgan fingerprint density at radius 2 is 1.73 bits per heavy atom.